The van der Waals surface area contributed by atoms with E-state index >= 15 is 0 Å². The third-order valence-electron chi connectivity index (χ3n) is 2.81. The fourth-order valence-corrected chi connectivity index (χ4v) is 1.76. The standard InChI is InChI=1S/C15H18O3/c1-2-3-10-17-13-8-6-12(7-9-13)15(16)14-5-4-11-18-14/h5-9H,2-4,10-11H2,1H3. The lowest BCUT2D eigenvalue weighted by Crippen LogP contribution is -2.04. The third kappa shape index (κ3) is 3.13. The van der Waals surface area contributed by atoms with Crippen molar-refractivity contribution < 1.29 is 14.3 Å². The first-order valence-corrected chi connectivity index (χ1v) is 6.42. The number of Topliss-reactive ketones (excluding diaryl/α,β-unsaturated/α-hetero) is 1. The highest BCUT2D eigenvalue weighted by Crippen LogP contribution is 2.18. The molecule has 96 valence electrons. The topological polar surface area (TPSA) is 35.5 Å². The van der Waals surface area contributed by atoms with Gasteiger partial charge in [0, 0.05) is 12.0 Å². The van der Waals surface area contributed by atoms with Crippen LogP contribution in [0, 0.1) is 0 Å². The lowest BCUT2D eigenvalue weighted by molar-refractivity contribution is 0.0942. The van der Waals surface area contributed by atoms with E-state index in [-0.39, 0.29) is 5.78 Å². The highest BCUT2D eigenvalue weighted by molar-refractivity contribution is 6.07. The first-order chi connectivity index (χ1) is 8.81. The summed E-state index contributed by atoms with van der Waals surface area (Å²) in [6, 6.07) is 7.23. The van der Waals surface area contributed by atoms with Gasteiger partial charge < -0.3 is 9.47 Å². The highest BCUT2D eigenvalue weighted by Gasteiger charge is 2.16. The molecule has 0 spiro atoms. The van der Waals surface area contributed by atoms with Gasteiger partial charge in [0.2, 0.25) is 5.78 Å². The van der Waals surface area contributed by atoms with E-state index in [0.717, 1.165) is 31.6 Å². The molecule has 0 aliphatic carbocycles. The van der Waals surface area contributed by atoms with Crippen LogP contribution < -0.4 is 4.74 Å². The third-order valence-corrected chi connectivity index (χ3v) is 2.81. The van der Waals surface area contributed by atoms with E-state index in [9.17, 15) is 4.79 Å². The van der Waals surface area contributed by atoms with Crippen molar-refractivity contribution in [2.75, 3.05) is 13.2 Å². The van der Waals surface area contributed by atoms with Crippen LogP contribution in [0.15, 0.2) is 36.1 Å². The summed E-state index contributed by atoms with van der Waals surface area (Å²) in [4.78, 5) is 12.0. The predicted octanol–water partition coefficient (Wildman–Crippen LogP) is 3.35. The molecule has 0 saturated heterocycles. The van der Waals surface area contributed by atoms with Crippen molar-refractivity contribution in [1.29, 1.82) is 0 Å². The molecule has 18 heavy (non-hydrogen) atoms. The zero-order chi connectivity index (χ0) is 12.8. The quantitative estimate of drug-likeness (QED) is 0.570. The zero-order valence-electron chi connectivity index (χ0n) is 10.6. The van der Waals surface area contributed by atoms with Crippen molar-refractivity contribution >= 4 is 5.78 Å². The number of rotatable bonds is 6. The zero-order valence-corrected chi connectivity index (χ0v) is 10.6. The van der Waals surface area contributed by atoms with E-state index in [0.29, 0.717) is 17.9 Å². The Kier molecular flexibility index (Phi) is 4.40. The van der Waals surface area contributed by atoms with Gasteiger partial charge in [-0.3, -0.25) is 4.79 Å². The Morgan fingerprint density at radius 2 is 2.11 bits per heavy atom. The molecule has 0 N–H and O–H groups in total. The summed E-state index contributed by atoms with van der Waals surface area (Å²) in [6.07, 6.45) is 4.82. The van der Waals surface area contributed by atoms with Gasteiger partial charge in [0.15, 0.2) is 5.76 Å². The van der Waals surface area contributed by atoms with Gasteiger partial charge in [0.05, 0.1) is 13.2 Å². The first-order valence-electron chi connectivity index (χ1n) is 6.42. The van der Waals surface area contributed by atoms with Gasteiger partial charge in [-0.1, -0.05) is 13.3 Å². The second-order valence-electron chi connectivity index (χ2n) is 4.26. The number of unbranched alkanes of at least 4 members (excludes halogenated alkanes) is 1. The molecule has 0 radical (unpaired) electrons. The van der Waals surface area contributed by atoms with E-state index in [1.807, 2.05) is 18.2 Å². The Morgan fingerprint density at radius 3 is 2.72 bits per heavy atom. The summed E-state index contributed by atoms with van der Waals surface area (Å²) in [5.41, 5.74) is 0.644. The van der Waals surface area contributed by atoms with Crippen LogP contribution in [-0.2, 0) is 4.74 Å². The van der Waals surface area contributed by atoms with Gasteiger partial charge >= 0.3 is 0 Å². The minimum absolute atomic E-state index is 0.0485. The number of hydrogen-bond donors (Lipinski definition) is 0. The number of ketones is 1. The molecule has 0 amide bonds. The molecular weight excluding hydrogens is 228 g/mol. The summed E-state index contributed by atoms with van der Waals surface area (Å²) in [6.45, 7) is 3.46. The smallest absolute Gasteiger partial charge is 0.227 e. The Morgan fingerprint density at radius 1 is 1.33 bits per heavy atom. The maximum atomic E-state index is 12.0. The van der Waals surface area contributed by atoms with Crippen molar-refractivity contribution in [1.82, 2.24) is 0 Å². The minimum atomic E-state index is -0.0485. The van der Waals surface area contributed by atoms with Gasteiger partial charge in [-0.2, -0.15) is 0 Å². The van der Waals surface area contributed by atoms with E-state index in [1.165, 1.54) is 0 Å². The molecule has 1 aromatic rings. The van der Waals surface area contributed by atoms with E-state index in [2.05, 4.69) is 6.92 Å². The number of carbonyl (C=O) groups is 1. The fourth-order valence-electron chi connectivity index (χ4n) is 1.76. The van der Waals surface area contributed by atoms with Crippen LogP contribution in [0.4, 0.5) is 0 Å². The van der Waals surface area contributed by atoms with E-state index in [1.54, 1.807) is 12.1 Å². The Labute approximate surface area is 107 Å². The lowest BCUT2D eigenvalue weighted by Gasteiger charge is -2.06. The molecule has 0 bridgehead atoms. The summed E-state index contributed by atoms with van der Waals surface area (Å²) in [5, 5.41) is 0. The number of allylic oxidation sites excluding steroid dienone is 1. The summed E-state index contributed by atoms with van der Waals surface area (Å²) in [7, 11) is 0. The second-order valence-corrected chi connectivity index (χ2v) is 4.26. The largest absolute Gasteiger partial charge is 0.494 e. The fraction of sp³-hybridized carbons (Fsp3) is 0.400. The van der Waals surface area contributed by atoms with Gasteiger partial charge in [0.25, 0.3) is 0 Å². The van der Waals surface area contributed by atoms with E-state index in [4.69, 9.17) is 9.47 Å². The van der Waals surface area contributed by atoms with Crippen molar-refractivity contribution in [3.05, 3.63) is 41.7 Å². The number of benzene rings is 1. The molecule has 1 heterocycles. The average molecular weight is 246 g/mol. The van der Waals surface area contributed by atoms with Crippen molar-refractivity contribution in [3.8, 4) is 5.75 Å². The maximum absolute atomic E-state index is 12.0. The number of ether oxygens (including phenoxy) is 2. The van der Waals surface area contributed by atoms with Crippen LogP contribution in [0.25, 0.3) is 0 Å². The Balaban J connectivity index is 1.96. The monoisotopic (exact) mass is 246 g/mol. The molecule has 1 aliphatic rings. The van der Waals surface area contributed by atoms with Gasteiger partial charge in [0.1, 0.15) is 5.75 Å². The van der Waals surface area contributed by atoms with Crippen LogP contribution in [0.2, 0.25) is 0 Å². The number of hydrogen-bond acceptors (Lipinski definition) is 3. The second kappa shape index (κ2) is 6.24. The van der Waals surface area contributed by atoms with Crippen molar-refractivity contribution in [3.63, 3.8) is 0 Å². The Hall–Kier alpha value is -1.77. The van der Waals surface area contributed by atoms with Crippen LogP contribution in [0.5, 0.6) is 5.75 Å². The molecule has 0 aromatic heterocycles. The molecule has 1 aliphatic heterocycles. The molecule has 3 nitrogen and oxygen atoms in total. The van der Waals surface area contributed by atoms with Gasteiger partial charge in [-0.15, -0.1) is 0 Å². The Bertz CT molecular complexity index is 432. The molecule has 0 atom stereocenters. The van der Waals surface area contributed by atoms with Crippen LogP contribution in [0.1, 0.15) is 36.5 Å². The van der Waals surface area contributed by atoms with Crippen LogP contribution >= 0.6 is 0 Å². The molecule has 2 rings (SSSR count). The SMILES string of the molecule is CCCCOc1ccc(C(=O)C2=CCCO2)cc1. The normalized spacial score (nSPS) is 13.9. The molecule has 0 saturated carbocycles. The molecule has 3 heteroatoms. The first kappa shape index (κ1) is 12.7. The molecule has 1 aromatic carbocycles. The van der Waals surface area contributed by atoms with Gasteiger partial charge in [-0.25, -0.2) is 0 Å². The molecule has 0 unspecified atom stereocenters. The summed E-state index contributed by atoms with van der Waals surface area (Å²) >= 11 is 0. The van der Waals surface area contributed by atoms with Crippen LogP contribution in [0.3, 0.4) is 0 Å². The van der Waals surface area contributed by atoms with Crippen molar-refractivity contribution in [2.45, 2.75) is 26.2 Å². The average Bonchev–Trinajstić information content (AvgIpc) is 2.93. The molecule has 0 fully saturated rings. The van der Waals surface area contributed by atoms with Gasteiger partial charge in [-0.05, 0) is 36.8 Å². The lowest BCUT2D eigenvalue weighted by atomic mass is 10.1. The minimum Gasteiger partial charge on any atom is -0.494 e. The van der Waals surface area contributed by atoms with Crippen molar-refractivity contribution in [2.24, 2.45) is 0 Å². The maximum Gasteiger partial charge on any atom is 0.227 e. The van der Waals surface area contributed by atoms with E-state index < -0.39 is 0 Å². The predicted molar refractivity (Wildman–Crippen MR) is 69.8 cm³/mol. The summed E-state index contributed by atoms with van der Waals surface area (Å²) in [5.74, 6) is 1.23. The van der Waals surface area contributed by atoms with Crippen LogP contribution in [-0.4, -0.2) is 19.0 Å². The molecular formula is C15H18O3. The highest BCUT2D eigenvalue weighted by atomic mass is 16.5. The summed E-state index contributed by atoms with van der Waals surface area (Å²) < 4.78 is 10.8. The number of carbonyl (C=O) groups excluding carboxylic acids is 1.